The molecule has 2 N–H and O–H groups in total. The van der Waals surface area contributed by atoms with Crippen molar-refractivity contribution in [3.8, 4) is 0 Å². The Labute approximate surface area is 206 Å². The van der Waals surface area contributed by atoms with E-state index in [1.165, 1.54) is 17.4 Å². The Kier molecular flexibility index (Phi) is 6.11. The maximum atomic E-state index is 14.3. The van der Waals surface area contributed by atoms with E-state index in [1.807, 2.05) is 48.7 Å². The standard InChI is InChI=1S/C28H24F2N2O2S/c1-15-10-11-35-27(15)26-24(28(34)32-21-9-8-19(29)14-20(21)30)16(2)31-22-12-18(13-23(33)25(22)26)17-6-4-3-5-7-17/h3-11,14,18,26,31H,12-13H2,1-2H3,(H,32,34). The van der Waals surface area contributed by atoms with Crippen LogP contribution in [0, 0.1) is 18.6 Å². The quantitative estimate of drug-likeness (QED) is 0.449. The number of dihydropyridines is 1. The molecule has 2 aromatic carbocycles. The summed E-state index contributed by atoms with van der Waals surface area (Å²) in [6, 6.07) is 14.9. The van der Waals surface area contributed by atoms with Crippen molar-refractivity contribution in [1.29, 1.82) is 0 Å². The van der Waals surface area contributed by atoms with Crippen molar-refractivity contribution < 1.29 is 18.4 Å². The molecular weight excluding hydrogens is 466 g/mol. The van der Waals surface area contributed by atoms with Crippen LogP contribution < -0.4 is 10.6 Å². The van der Waals surface area contributed by atoms with Gasteiger partial charge in [-0.3, -0.25) is 9.59 Å². The maximum Gasteiger partial charge on any atom is 0.254 e. The fraction of sp³-hybridized carbons (Fsp3) is 0.214. The molecule has 2 heterocycles. The highest BCUT2D eigenvalue weighted by molar-refractivity contribution is 7.10. The molecule has 1 aliphatic carbocycles. The van der Waals surface area contributed by atoms with Crippen molar-refractivity contribution >= 4 is 28.7 Å². The molecule has 35 heavy (non-hydrogen) atoms. The largest absolute Gasteiger partial charge is 0.362 e. The van der Waals surface area contributed by atoms with Crippen LogP contribution in [0.3, 0.4) is 0 Å². The van der Waals surface area contributed by atoms with Crippen LogP contribution in [0.15, 0.2) is 82.5 Å². The number of hydrogen-bond donors (Lipinski definition) is 2. The average Bonchev–Trinajstić information content (AvgIpc) is 3.25. The van der Waals surface area contributed by atoms with E-state index in [2.05, 4.69) is 10.6 Å². The molecule has 0 fully saturated rings. The van der Waals surface area contributed by atoms with Crippen LogP contribution in [0.5, 0.6) is 0 Å². The second-order valence-electron chi connectivity index (χ2n) is 8.97. The van der Waals surface area contributed by atoms with Crippen molar-refractivity contribution in [3.05, 3.63) is 110 Å². The van der Waals surface area contributed by atoms with Crippen molar-refractivity contribution in [2.75, 3.05) is 5.32 Å². The minimum Gasteiger partial charge on any atom is -0.362 e. The van der Waals surface area contributed by atoms with Crippen molar-refractivity contribution in [3.63, 3.8) is 0 Å². The van der Waals surface area contributed by atoms with Gasteiger partial charge in [-0.1, -0.05) is 30.3 Å². The van der Waals surface area contributed by atoms with Gasteiger partial charge in [-0.05, 0) is 60.9 Å². The summed E-state index contributed by atoms with van der Waals surface area (Å²) < 4.78 is 27.7. The summed E-state index contributed by atoms with van der Waals surface area (Å²) in [6.07, 6.45) is 1.01. The highest BCUT2D eigenvalue weighted by Gasteiger charge is 2.42. The molecule has 2 unspecified atom stereocenters. The summed E-state index contributed by atoms with van der Waals surface area (Å²) in [5.74, 6) is -2.61. The minimum absolute atomic E-state index is 0.00355. The number of carbonyl (C=O) groups excluding carboxylic acids is 2. The van der Waals surface area contributed by atoms with Gasteiger partial charge in [0.1, 0.15) is 11.6 Å². The molecule has 178 valence electrons. The third-order valence-corrected chi connectivity index (χ3v) is 7.77. The maximum absolute atomic E-state index is 14.3. The zero-order valence-corrected chi connectivity index (χ0v) is 20.1. The topological polar surface area (TPSA) is 58.2 Å². The molecule has 2 atom stereocenters. The number of nitrogens with one attached hydrogen (secondary N) is 2. The molecular formula is C28H24F2N2O2S. The van der Waals surface area contributed by atoms with Gasteiger partial charge in [-0.15, -0.1) is 11.3 Å². The van der Waals surface area contributed by atoms with Gasteiger partial charge < -0.3 is 10.6 Å². The lowest BCUT2D eigenvalue weighted by atomic mass is 9.73. The molecule has 1 aromatic heterocycles. The first kappa shape index (κ1) is 23.2. The first-order chi connectivity index (χ1) is 16.8. The third kappa shape index (κ3) is 4.32. The highest BCUT2D eigenvalue weighted by Crippen LogP contribution is 2.47. The van der Waals surface area contributed by atoms with E-state index >= 15 is 0 Å². The van der Waals surface area contributed by atoms with E-state index in [-0.39, 0.29) is 17.4 Å². The average molecular weight is 491 g/mol. The van der Waals surface area contributed by atoms with Crippen LogP contribution in [0.4, 0.5) is 14.5 Å². The van der Waals surface area contributed by atoms with Gasteiger partial charge in [0.15, 0.2) is 5.78 Å². The minimum atomic E-state index is -0.858. The Bertz CT molecular complexity index is 1390. The van der Waals surface area contributed by atoms with Crippen LogP contribution in [0.2, 0.25) is 0 Å². The van der Waals surface area contributed by atoms with Crippen molar-refractivity contribution in [2.24, 2.45) is 0 Å². The number of benzene rings is 2. The fourth-order valence-electron chi connectivity index (χ4n) is 5.02. The highest BCUT2D eigenvalue weighted by atomic mass is 32.1. The Balaban J connectivity index is 1.56. The number of aryl methyl sites for hydroxylation is 1. The fourth-order valence-corrected chi connectivity index (χ4v) is 6.07. The molecule has 7 heteroatoms. The van der Waals surface area contributed by atoms with E-state index in [0.717, 1.165) is 33.8 Å². The summed E-state index contributed by atoms with van der Waals surface area (Å²) in [5.41, 5.74) is 4.38. The van der Waals surface area contributed by atoms with Gasteiger partial charge in [0.2, 0.25) is 0 Å². The summed E-state index contributed by atoms with van der Waals surface area (Å²) in [7, 11) is 0. The predicted molar refractivity (Wildman–Crippen MR) is 133 cm³/mol. The van der Waals surface area contributed by atoms with Gasteiger partial charge in [-0.2, -0.15) is 0 Å². The van der Waals surface area contributed by atoms with E-state index in [4.69, 9.17) is 0 Å². The normalized spacial score (nSPS) is 19.9. The Morgan fingerprint density at radius 1 is 1.06 bits per heavy atom. The molecule has 0 bridgehead atoms. The zero-order valence-electron chi connectivity index (χ0n) is 19.3. The molecule has 0 radical (unpaired) electrons. The van der Waals surface area contributed by atoms with Crippen molar-refractivity contribution in [1.82, 2.24) is 5.32 Å². The molecule has 4 nitrogen and oxygen atoms in total. The van der Waals surface area contributed by atoms with Crippen LogP contribution in [0.1, 0.15) is 47.6 Å². The number of hydrogen-bond acceptors (Lipinski definition) is 4. The second-order valence-corrected chi connectivity index (χ2v) is 9.92. The monoisotopic (exact) mass is 490 g/mol. The number of anilines is 1. The van der Waals surface area contributed by atoms with E-state index in [9.17, 15) is 18.4 Å². The predicted octanol–water partition coefficient (Wildman–Crippen LogP) is 6.34. The molecule has 0 spiro atoms. The number of halogens is 2. The van der Waals surface area contributed by atoms with Crippen molar-refractivity contribution in [2.45, 2.75) is 38.5 Å². The summed E-state index contributed by atoms with van der Waals surface area (Å²) in [5, 5.41) is 7.86. The number of rotatable bonds is 4. The first-order valence-electron chi connectivity index (χ1n) is 11.4. The van der Waals surface area contributed by atoms with Gasteiger partial charge in [0, 0.05) is 39.9 Å². The first-order valence-corrected chi connectivity index (χ1v) is 12.3. The van der Waals surface area contributed by atoms with Gasteiger partial charge in [-0.25, -0.2) is 8.78 Å². The van der Waals surface area contributed by atoms with Crippen LogP contribution in [-0.4, -0.2) is 11.7 Å². The number of ketones is 1. The lowest BCUT2D eigenvalue weighted by molar-refractivity contribution is -0.116. The Morgan fingerprint density at radius 2 is 1.83 bits per heavy atom. The summed E-state index contributed by atoms with van der Waals surface area (Å²) in [6.45, 7) is 3.75. The van der Waals surface area contributed by atoms with Crippen LogP contribution in [0.25, 0.3) is 0 Å². The van der Waals surface area contributed by atoms with Gasteiger partial charge >= 0.3 is 0 Å². The smallest absolute Gasteiger partial charge is 0.254 e. The van der Waals surface area contributed by atoms with Gasteiger partial charge in [0.05, 0.1) is 11.6 Å². The zero-order chi connectivity index (χ0) is 24.7. The SMILES string of the molecule is CC1=C(C(=O)Nc2ccc(F)cc2F)C(c2sccc2C)C2=C(CC(c3ccccc3)CC2=O)N1. The molecule has 2 aliphatic rings. The molecule has 3 aromatic rings. The number of Topliss-reactive ketones (excluding diaryl/α,β-unsaturated/α-hetero) is 1. The van der Waals surface area contributed by atoms with Crippen LogP contribution >= 0.6 is 11.3 Å². The number of thiophene rings is 1. The number of amides is 1. The lowest BCUT2D eigenvalue weighted by Gasteiger charge is -2.36. The summed E-state index contributed by atoms with van der Waals surface area (Å²) in [4.78, 5) is 28.0. The van der Waals surface area contributed by atoms with E-state index < -0.39 is 23.5 Å². The second kappa shape index (κ2) is 9.23. The molecule has 0 saturated carbocycles. The summed E-state index contributed by atoms with van der Waals surface area (Å²) >= 11 is 1.49. The molecule has 5 rings (SSSR count). The van der Waals surface area contributed by atoms with E-state index in [0.29, 0.717) is 29.7 Å². The number of allylic oxidation sites excluding steroid dienone is 3. The van der Waals surface area contributed by atoms with E-state index in [1.54, 1.807) is 6.92 Å². The Morgan fingerprint density at radius 3 is 2.51 bits per heavy atom. The molecule has 1 amide bonds. The molecule has 0 saturated heterocycles. The third-order valence-electron chi connectivity index (χ3n) is 6.69. The van der Waals surface area contributed by atoms with Crippen LogP contribution in [-0.2, 0) is 9.59 Å². The lowest BCUT2D eigenvalue weighted by Crippen LogP contribution is -2.37. The van der Waals surface area contributed by atoms with Gasteiger partial charge in [0.25, 0.3) is 5.91 Å². The molecule has 1 aliphatic heterocycles. The Hall–Kier alpha value is -3.58. The number of carbonyl (C=O) groups is 2.